The van der Waals surface area contributed by atoms with Crippen LogP contribution >= 0.6 is 12.2 Å². The number of nitrogen functional groups attached to an aromatic ring is 1. The van der Waals surface area contributed by atoms with Crippen molar-refractivity contribution in [2.75, 3.05) is 135 Å². The number of hydrogen-bond donors (Lipinski definition) is 8. The molecular formula is C55H76GdN14O16S-. The summed E-state index contributed by atoms with van der Waals surface area (Å²) in [6.45, 7) is 5.35. The number of nitrogens with two attached hydrogens (primary N) is 1. The van der Waals surface area contributed by atoms with Gasteiger partial charge in [0.2, 0.25) is 11.9 Å². The Morgan fingerprint density at radius 2 is 1.34 bits per heavy atom. The summed E-state index contributed by atoms with van der Waals surface area (Å²) in [6, 6.07) is 11.3. The fourth-order valence-corrected chi connectivity index (χ4v) is 8.55. The molecule has 1 fully saturated rings. The van der Waals surface area contributed by atoms with Crippen LogP contribution in [0.25, 0.3) is 11.2 Å². The summed E-state index contributed by atoms with van der Waals surface area (Å²) < 4.78 is 16.3. The number of carboxylic acid groups (broad SMARTS) is 5. The molecule has 0 aliphatic carbocycles. The number of carbonyl (C=O) groups excluding carboxylic acids is 6. The van der Waals surface area contributed by atoms with Gasteiger partial charge in [-0.15, -0.1) is 0 Å². The molecule has 3 amide bonds. The standard InChI is InChI=1S/C30H42N8O8.C25H38N6O8S.Gd/c1-2-3-12-44-14-16-46-17-15-45-13-4-11-32-24(39)10-9-23(29(42)43)36-27(40)20-5-7-21(8-6-20)33-18-22-19-34-26-25(35-22)28(41)38-30(31)37-26;1-26-24(40)27-19-5-2-18(3-6-19)4-7-20(23(36)37)30-12-10-28(16-21(32)33)8-9-29(17-22(34)35)11-13-31(15-14-30)25(38)39;/h5-8,19,23,33H,2-4,9-18H2,1H3,(H,32,39)(H,36,40)(H,42,43)(H3,31,34,37,38,41);2-3,5-6,20H,4,7-17H2,1H3,(H,32,33)(H,34,35)(H,36,37)(H,38,39)(H2,26,27,40);/q;;+3/p-4/t23-;;/m0../s1. The molecule has 2 aromatic carbocycles. The molecule has 0 bridgehead atoms. The zero-order valence-electron chi connectivity index (χ0n) is 48.6. The van der Waals surface area contributed by atoms with Crippen LogP contribution in [-0.4, -0.2) is 222 Å². The molecule has 477 valence electrons. The normalized spacial score (nSPS) is 14.1. The molecule has 2 aromatic heterocycles. The van der Waals surface area contributed by atoms with E-state index in [2.05, 4.69) is 53.4 Å². The van der Waals surface area contributed by atoms with Gasteiger partial charge in [0.05, 0.1) is 62.8 Å². The van der Waals surface area contributed by atoms with E-state index in [0.717, 1.165) is 35.6 Å². The van der Waals surface area contributed by atoms with Gasteiger partial charge in [0.15, 0.2) is 16.3 Å². The van der Waals surface area contributed by atoms with Crippen molar-refractivity contribution in [1.29, 1.82) is 0 Å². The van der Waals surface area contributed by atoms with Crippen LogP contribution in [0, 0.1) is 39.9 Å². The number of fused-ring (bicyclic) bond motifs is 1. The van der Waals surface area contributed by atoms with E-state index in [4.69, 9.17) is 32.2 Å². The van der Waals surface area contributed by atoms with E-state index in [1.54, 1.807) is 24.1 Å². The molecule has 1 aliphatic heterocycles. The van der Waals surface area contributed by atoms with E-state index in [-0.39, 0.29) is 147 Å². The second-order valence-corrected chi connectivity index (χ2v) is 20.0. The molecule has 3 heterocycles. The molecule has 2 atom stereocenters. The van der Waals surface area contributed by atoms with Crippen LogP contribution in [0.4, 0.5) is 22.1 Å². The first-order chi connectivity index (χ1) is 41.2. The Kier molecular flexibility index (Phi) is 35.3. The van der Waals surface area contributed by atoms with Gasteiger partial charge in [0.1, 0.15) is 12.1 Å². The summed E-state index contributed by atoms with van der Waals surface area (Å²) in [4.78, 5) is 115. The number of aromatic amines is 1. The fraction of sp³-hybridized carbons (Fsp3) is 0.527. The van der Waals surface area contributed by atoms with Crippen molar-refractivity contribution in [2.24, 2.45) is 0 Å². The molecule has 0 saturated carbocycles. The number of carbonyl (C=O) groups is 7. The third-order valence-corrected chi connectivity index (χ3v) is 13.5. The SMILES string of the molecule is CCCCOCCOCCOCCCNC(=O)CC[C@H](NC(=O)c1ccc(NCc2cnc3nc(N)[nH]c(=O)c3n2)cc1)C(=O)O.CNC(=S)Nc1ccc(CCC(C(=O)[O-])N2CCN(CC(=O)[O-])CCN(CC(=O)[O-])CCN(C(=O)[O-])CC2)cc1.[Gd+3]. The maximum Gasteiger partial charge on any atom is 3.00 e. The molecule has 1 unspecified atom stereocenters. The molecule has 0 spiro atoms. The Morgan fingerprint density at radius 3 is 1.93 bits per heavy atom. The number of aliphatic carboxylic acids is 4. The second-order valence-electron chi connectivity index (χ2n) is 19.6. The zero-order chi connectivity index (χ0) is 62.8. The van der Waals surface area contributed by atoms with Crippen molar-refractivity contribution in [3.63, 3.8) is 0 Å². The molecule has 4 aromatic rings. The van der Waals surface area contributed by atoms with Gasteiger partial charge >= 0.3 is 45.9 Å². The predicted octanol–water partition coefficient (Wildman–Crippen LogP) is -4.05. The van der Waals surface area contributed by atoms with Crippen molar-refractivity contribution in [3.05, 3.63) is 81.9 Å². The number of nitrogens with one attached hydrogen (secondary N) is 6. The minimum Gasteiger partial charge on any atom is -0.549 e. The molecule has 32 heteroatoms. The van der Waals surface area contributed by atoms with Gasteiger partial charge in [-0.3, -0.25) is 34.1 Å². The van der Waals surface area contributed by atoms with Gasteiger partial charge in [-0.05, 0) is 86.3 Å². The number of anilines is 3. The van der Waals surface area contributed by atoms with Crippen LogP contribution in [0.3, 0.4) is 0 Å². The molecule has 1 saturated heterocycles. The van der Waals surface area contributed by atoms with Crippen LogP contribution in [0.5, 0.6) is 0 Å². The van der Waals surface area contributed by atoms with Crippen molar-refractivity contribution >= 4 is 87.6 Å². The Labute approximate surface area is 540 Å². The van der Waals surface area contributed by atoms with Gasteiger partial charge in [0, 0.05) is 122 Å². The molecule has 5 rings (SSSR count). The summed E-state index contributed by atoms with van der Waals surface area (Å²) in [5.74, 6) is -6.22. The third kappa shape index (κ3) is 29.6. The van der Waals surface area contributed by atoms with Crippen molar-refractivity contribution in [1.82, 2.24) is 55.5 Å². The van der Waals surface area contributed by atoms with Gasteiger partial charge in [0.25, 0.3) is 11.5 Å². The smallest absolute Gasteiger partial charge is 0.549 e. The van der Waals surface area contributed by atoms with Crippen molar-refractivity contribution < 1.29 is 113 Å². The Hall–Kier alpha value is -6.88. The van der Waals surface area contributed by atoms with Gasteiger partial charge < -0.3 is 96.1 Å². The summed E-state index contributed by atoms with van der Waals surface area (Å²) in [6.07, 6.45) is 3.14. The maximum absolute atomic E-state index is 12.7. The maximum atomic E-state index is 12.7. The first kappa shape index (κ1) is 74.4. The van der Waals surface area contributed by atoms with Crippen LogP contribution in [0.2, 0.25) is 0 Å². The van der Waals surface area contributed by atoms with E-state index < -0.39 is 66.6 Å². The summed E-state index contributed by atoms with van der Waals surface area (Å²) in [5, 5.41) is 70.5. The molecule has 9 N–H and O–H groups in total. The monoisotopic (exact) mass is 1380 g/mol. The fourth-order valence-electron chi connectivity index (χ4n) is 8.43. The van der Waals surface area contributed by atoms with Crippen molar-refractivity contribution in [2.45, 2.75) is 70.5 Å². The number of thiocarbonyl (C=S) groups is 1. The van der Waals surface area contributed by atoms with E-state index >= 15 is 0 Å². The van der Waals surface area contributed by atoms with Gasteiger partial charge in [-0.2, -0.15) is 4.98 Å². The Morgan fingerprint density at radius 1 is 0.770 bits per heavy atom. The number of benzene rings is 2. The first-order valence-corrected chi connectivity index (χ1v) is 28.4. The van der Waals surface area contributed by atoms with Crippen molar-refractivity contribution in [3.8, 4) is 0 Å². The number of nitrogens with zero attached hydrogens (tertiary/aromatic N) is 7. The van der Waals surface area contributed by atoms with E-state index in [0.29, 0.717) is 68.9 Å². The van der Waals surface area contributed by atoms with Crippen LogP contribution in [0.1, 0.15) is 67.1 Å². The summed E-state index contributed by atoms with van der Waals surface area (Å²) in [5.41, 5.74) is 8.22. The van der Waals surface area contributed by atoms with E-state index in [1.165, 1.54) is 28.1 Å². The largest absolute Gasteiger partial charge is 3.00 e. The molecule has 1 aliphatic rings. The number of ether oxygens (including phenoxy) is 3. The topological polar surface area (TPSA) is 430 Å². The number of aromatic nitrogens is 4. The number of amides is 3. The molecule has 30 nitrogen and oxygen atoms in total. The quantitative estimate of drug-likeness (QED) is 0.0170. The summed E-state index contributed by atoms with van der Waals surface area (Å²) >= 11 is 5.08. The summed E-state index contributed by atoms with van der Waals surface area (Å²) in [7, 11) is 1.69. The van der Waals surface area contributed by atoms with Crippen LogP contribution in [-0.2, 0) is 51.1 Å². The first-order valence-electron chi connectivity index (χ1n) is 28.0. The number of H-pyrrole nitrogens is 1. The molecule has 87 heavy (non-hydrogen) atoms. The average molecular weight is 1380 g/mol. The Balaban J connectivity index is 0.000000455. The van der Waals surface area contributed by atoms with Crippen LogP contribution in [0.15, 0.2) is 59.5 Å². The van der Waals surface area contributed by atoms with E-state index in [1.807, 2.05) is 24.3 Å². The van der Waals surface area contributed by atoms with Gasteiger partial charge in [-0.1, -0.05) is 25.5 Å². The number of rotatable bonds is 32. The minimum absolute atomic E-state index is 0. The molecule has 1 radical (unpaired) electrons. The zero-order valence-corrected chi connectivity index (χ0v) is 51.7. The number of aryl methyl sites for hydroxylation is 1. The third-order valence-electron chi connectivity index (χ3n) is 13.1. The van der Waals surface area contributed by atoms with E-state index in [9.17, 15) is 63.9 Å². The number of carboxylic acids is 4. The Bertz CT molecular complexity index is 2880. The van der Waals surface area contributed by atoms with Crippen LogP contribution < -0.4 is 58.3 Å². The average Bonchev–Trinajstić information content (AvgIpc) is 3.54. The minimum atomic E-state index is -1.47. The predicted molar refractivity (Wildman–Crippen MR) is 310 cm³/mol. The second kappa shape index (κ2) is 41.3. The number of hydrogen-bond acceptors (Lipinski definition) is 24. The number of unbranched alkanes of at least 4 members (excludes halogenated alkanes) is 1. The molecular weight excluding hydrogens is 1300 g/mol. The van der Waals surface area contributed by atoms with Gasteiger partial charge in [-0.25, -0.2) is 14.8 Å².